The van der Waals surface area contributed by atoms with Crippen molar-refractivity contribution >= 4 is 11.6 Å². The second kappa shape index (κ2) is 10.4. The van der Waals surface area contributed by atoms with E-state index in [1.165, 1.54) is 25.9 Å². The van der Waals surface area contributed by atoms with Gasteiger partial charge in [-0.2, -0.15) is 0 Å². The highest BCUT2D eigenvalue weighted by atomic mass is 16.5. The van der Waals surface area contributed by atoms with E-state index in [4.69, 9.17) is 9.47 Å². The summed E-state index contributed by atoms with van der Waals surface area (Å²) < 4.78 is 11.9. The third-order valence-electron chi connectivity index (χ3n) is 6.45. The molecule has 1 N–H and O–H groups in total. The number of benzene rings is 1. The molecule has 5 heteroatoms. The van der Waals surface area contributed by atoms with Gasteiger partial charge in [0.2, 0.25) is 0 Å². The first kappa shape index (κ1) is 22.1. The van der Waals surface area contributed by atoms with Gasteiger partial charge >= 0.3 is 0 Å². The lowest BCUT2D eigenvalue weighted by atomic mass is 9.78. The summed E-state index contributed by atoms with van der Waals surface area (Å²) in [6.07, 6.45) is 6.30. The van der Waals surface area contributed by atoms with E-state index in [0.29, 0.717) is 19.1 Å². The van der Waals surface area contributed by atoms with Crippen LogP contribution in [-0.2, 0) is 9.53 Å². The monoisotopic (exact) mass is 402 g/mol. The predicted octanol–water partition coefficient (Wildman–Crippen LogP) is 4.72. The van der Waals surface area contributed by atoms with Crippen molar-refractivity contribution in [1.29, 1.82) is 0 Å². The van der Waals surface area contributed by atoms with Crippen LogP contribution in [0, 0.1) is 11.8 Å². The number of nitrogens with one attached hydrogen (secondary N) is 1. The van der Waals surface area contributed by atoms with Crippen LogP contribution in [-0.4, -0.2) is 49.3 Å². The number of amides is 1. The normalized spacial score (nSPS) is 28.1. The second-order valence-electron chi connectivity index (χ2n) is 8.98. The minimum atomic E-state index is -0.679. The Morgan fingerprint density at radius 3 is 2.52 bits per heavy atom. The molecule has 1 atom stereocenters. The fourth-order valence-corrected chi connectivity index (χ4v) is 4.60. The molecular formula is C24H38N2O3. The highest BCUT2D eigenvalue weighted by Crippen LogP contribution is 2.36. The molecule has 0 radical (unpaired) electrons. The highest BCUT2D eigenvalue weighted by Gasteiger charge is 2.41. The predicted molar refractivity (Wildman–Crippen MR) is 117 cm³/mol. The van der Waals surface area contributed by atoms with Crippen molar-refractivity contribution in [2.75, 3.05) is 38.2 Å². The minimum Gasteiger partial charge on any atom is -0.492 e. The van der Waals surface area contributed by atoms with Gasteiger partial charge in [0.1, 0.15) is 18.0 Å². The van der Waals surface area contributed by atoms with Gasteiger partial charge in [-0.05, 0) is 88.1 Å². The van der Waals surface area contributed by atoms with Crippen LogP contribution in [0.2, 0.25) is 0 Å². The Balaban J connectivity index is 1.48. The fraction of sp³-hybridized carbons (Fsp3) is 0.708. The van der Waals surface area contributed by atoms with Gasteiger partial charge in [0, 0.05) is 25.4 Å². The number of ether oxygens (including phenoxy) is 2. The third-order valence-corrected chi connectivity index (χ3v) is 6.45. The number of hydrogen-bond donors (Lipinski definition) is 1. The first-order chi connectivity index (χ1) is 14.0. The summed E-state index contributed by atoms with van der Waals surface area (Å²) in [6.45, 7) is 11.1. The Bertz CT molecular complexity index is 638. The van der Waals surface area contributed by atoms with Crippen LogP contribution in [0.3, 0.4) is 0 Å². The Morgan fingerprint density at radius 2 is 1.86 bits per heavy atom. The maximum absolute atomic E-state index is 13.0. The molecule has 2 fully saturated rings. The summed E-state index contributed by atoms with van der Waals surface area (Å²) >= 11 is 0. The smallest absolute Gasteiger partial charge is 0.256 e. The molecule has 1 aliphatic heterocycles. The topological polar surface area (TPSA) is 50.8 Å². The Labute approximate surface area is 176 Å². The summed E-state index contributed by atoms with van der Waals surface area (Å²) in [7, 11) is 0. The Kier molecular flexibility index (Phi) is 7.96. The SMILES string of the molecule is CCOC1(C(=O)Nc2ccc(OCCN3CCCC(C)C3)cc2)CCC(C)CC1. The molecule has 1 unspecified atom stereocenters. The van der Waals surface area contributed by atoms with Crippen LogP contribution in [0.25, 0.3) is 0 Å². The molecule has 2 aliphatic rings. The molecular weight excluding hydrogens is 364 g/mol. The number of carbonyl (C=O) groups is 1. The molecule has 1 saturated heterocycles. The highest BCUT2D eigenvalue weighted by molar-refractivity contribution is 5.97. The van der Waals surface area contributed by atoms with Crippen molar-refractivity contribution in [1.82, 2.24) is 4.90 Å². The minimum absolute atomic E-state index is 0.0147. The molecule has 1 aliphatic carbocycles. The average Bonchev–Trinajstić information content (AvgIpc) is 2.71. The van der Waals surface area contributed by atoms with Gasteiger partial charge in [-0.3, -0.25) is 9.69 Å². The first-order valence-electron chi connectivity index (χ1n) is 11.4. The van der Waals surface area contributed by atoms with Crippen molar-refractivity contribution < 1.29 is 14.3 Å². The second-order valence-corrected chi connectivity index (χ2v) is 8.98. The third kappa shape index (κ3) is 6.19. The molecule has 162 valence electrons. The van der Waals surface area contributed by atoms with E-state index in [1.54, 1.807) is 0 Å². The van der Waals surface area contributed by atoms with Crippen LogP contribution < -0.4 is 10.1 Å². The van der Waals surface area contributed by atoms with Crippen molar-refractivity contribution in [2.45, 2.75) is 64.9 Å². The van der Waals surface area contributed by atoms with Crippen LogP contribution in [0.1, 0.15) is 59.3 Å². The molecule has 1 saturated carbocycles. The lowest BCUT2D eigenvalue weighted by Crippen LogP contribution is -2.48. The van der Waals surface area contributed by atoms with Crippen LogP contribution in [0.5, 0.6) is 5.75 Å². The molecule has 1 amide bonds. The van der Waals surface area contributed by atoms with Gasteiger partial charge in [-0.1, -0.05) is 13.8 Å². The van der Waals surface area contributed by atoms with E-state index in [0.717, 1.165) is 49.6 Å². The van der Waals surface area contributed by atoms with Crippen LogP contribution in [0.4, 0.5) is 5.69 Å². The van der Waals surface area contributed by atoms with E-state index in [-0.39, 0.29) is 5.91 Å². The summed E-state index contributed by atoms with van der Waals surface area (Å²) in [4.78, 5) is 15.5. The number of carbonyl (C=O) groups excluding carboxylic acids is 1. The molecule has 1 aromatic rings. The van der Waals surface area contributed by atoms with Crippen LogP contribution in [0.15, 0.2) is 24.3 Å². The zero-order chi connectivity index (χ0) is 20.7. The number of anilines is 1. The number of nitrogens with zero attached hydrogens (tertiary/aromatic N) is 1. The fourth-order valence-electron chi connectivity index (χ4n) is 4.60. The van der Waals surface area contributed by atoms with Gasteiger partial charge in [0.25, 0.3) is 5.91 Å². The molecule has 1 aromatic carbocycles. The van der Waals surface area contributed by atoms with Crippen molar-refractivity contribution in [2.24, 2.45) is 11.8 Å². The van der Waals surface area contributed by atoms with Crippen molar-refractivity contribution in [3.63, 3.8) is 0 Å². The van der Waals surface area contributed by atoms with Gasteiger partial charge in [-0.25, -0.2) is 0 Å². The zero-order valence-electron chi connectivity index (χ0n) is 18.4. The lowest BCUT2D eigenvalue weighted by Gasteiger charge is -2.37. The molecule has 1 heterocycles. The molecule has 0 aromatic heterocycles. The van der Waals surface area contributed by atoms with E-state index >= 15 is 0 Å². The Morgan fingerprint density at radius 1 is 1.14 bits per heavy atom. The molecule has 0 spiro atoms. The molecule has 3 rings (SSSR count). The average molecular weight is 403 g/mol. The Hall–Kier alpha value is -1.59. The van der Waals surface area contributed by atoms with E-state index in [1.807, 2.05) is 31.2 Å². The van der Waals surface area contributed by atoms with Crippen molar-refractivity contribution in [3.05, 3.63) is 24.3 Å². The van der Waals surface area contributed by atoms with Gasteiger partial charge in [-0.15, -0.1) is 0 Å². The summed E-state index contributed by atoms with van der Waals surface area (Å²) in [5.41, 5.74) is 0.118. The van der Waals surface area contributed by atoms with Crippen LogP contribution >= 0.6 is 0 Å². The molecule has 0 bridgehead atoms. The largest absolute Gasteiger partial charge is 0.492 e. The summed E-state index contributed by atoms with van der Waals surface area (Å²) in [5, 5.41) is 3.06. The van der Waals surface area contributed by atoms with Crippen molar-refractivity contribution in [3.8, 4) is 5.75 Å². The van der Waals surface area contributed by atoms with Gasteiger partial charge in [0.05, 0.1) is 0 Å². The molecule has 29 heavy (non-hydrogen) atoms. The van der Waals surface area contributed by atoms with E-state index in [9.17, 15) is 4.79 Å². The number of hydrogen-bond acceptors (Lipinski definition) is 4. The number of rotatable bonds is 8. The maximum Gasteiger partial charge on any atom is 0.256 e. The zero-order valence-corrected chi connectivity index (χ0v) is 18.4. The summed E-state index contributed by atoms with van der Waals surface area (Å²) in [5.74, 6) is 2.29. The molecule has 5 nitrogen and oxygen atoms in total. The van der Waals surface area contributed by atoms with E-state index in [2.05, 4.69) is 24.1 Å². The number of piperidine rings is 1. The number of likely N-dealkylation sites (tertiary alicyclic amines) is 1. The quantitative estimate of drug-likeness (QED) is 0.683. The first-order valence-corrected chi connectivity index (χ1v) is 11.4. The lowest BCUT2D eigenvalue weighted by molar-refractivity contribution is -0.146. The summed E-state index contributed by atoms with van der Waals surface area (Å²) in [6, 6.07) is 7.71. The van der Waals surface area contributed by atoms with E-state index < -0.39 is 5.60 Å². The van der Waals surface area contributed by atoms with Gasteiger partial charge < -0.3 is 14.8 Å². The maximum atomic E-state index is 13.0. The standard InChI is InChI=1S/C24H38N2O3/c1-4-29-24(13-11-19(2)12-14-24)23(27)25-21-7-9-22(10-8-21)28-17-16-26-15-5-6-20(3)18-26/h7-10,19-20H,4-6,11-18H2,1-3H3,(H,25,27). The van der Waals surface area contributed by atoms with Gasteiger partial charge in [0.15, 0.2) is 0 Å².